The first-order chi connectivity index (χ1) is 17.3. The maximum absolute atomic E-state index is 13.1. The monoisotopic (exact) mass is 499 g/mol. The lowest BCUT2D eigenvalue weighted by molar-refractivity contribution is -0.137. The molecule has 3 aliphatic rings. The minimum Gasteiger partial charge on any atom is -0.493 e. The Labute approximate surface area is 207 Å². The van der Waals surface area contributed by atoms with Crippen molar-refractivity contribution in [2.45, 2.75) is 50.7 Å². The van der Waals surface area contributed by atoms with Crippen LogP contribution in [0.3, 0.4) is 0 Å². The van der Waals surface area contributed by atoms with Gasteiger partial charge in [0.05, 0.1) is 18.2 Å². The molecular weight excluding hydrogens is 471 g/mol. The van der Waals surface area contributed by atoms with Crippen molar-refractivity contribution in [1.82, 2.24) is 4.90 Å². The Morgan fingerprint density at radius 2 is 1.89 bits per heavy atom. The lowest BCUT2D eigenvalue weighted by Crippen LogP contribution is -2.49. The number of amides is 2. The van der Waals surface area contributed by atoms with Gasteiger partial charge in [-0.3, -0.25) is 14.5 Å². The summed E-state index contributed by atoms with van der Waals surface area (Å²) in [5.41, 5.74) is 2.56. The summed E-state index contributed by atoms with van der Waals surface area (Å²) >= 11 is 0. The Morgan fingerprint density at radius 3 is 2.67 bits per heavy atom. The van der Waals surface area contributed by atoms with Gasteiger partial charge in [-0.15, -0.1) is 0 Å². The summed E-state index contributed by atoms with van der Waals surface area (Å²) in [6.45, 7) is 2.14. The van der Waals surface area contributed by atoms with E-state index in [0.29, 0.717) is 41.8 Å². The van der Waals surface area contributed by atoms with Crippen LogP contribution in [0.4, 0.5) is 24.5 Å². The Bertz CT molecular complexity index is 1200. The second-order valence-corrected chi connectivity index (χ2v) is 9.50. The Morgan fingerprint density at radius 1 is 1.08 bits per heavy atom. The third-order valence-corrected chi connectivity index (χ3v) is 6.99. The van der Waals surface area contributed by atoms with Crippen molar-refractivity contribution in [1.29, 1.82) is 0 Å². The number of nitrogens with zero attached hydrogens (tertiary/aromatic N) is 1. The Hall–Kier alpha value is -3.33. The smallest absolute Gasteiger partial charge is 0.416 e. The molecule has 1 atom stereocenters. The van der Waals surface area contributed by atoms with Crippen LogP contribution in [0.1, 0.15) is 48.8 Å². The van der Waals surface area contributed by atoms with Crippen LogP contribution in [-0.2, 0) is 22.2 Å². The summed E-state index contributed by atoms with van der Waals surface area (Å²) in [5.74, 6) is -0.296. The van der Waals surface area contributed by atoms with Gasteiger partial charge in [0.1, 0.15) is 5.75 Å². The summed E-state index contributed by atoms with van der Waals surface area (Å²) in [4.78, 5) is 27.8. The van der Waals surface area contributed by atoms with Gasteiger partial charge >= 0.3 is 6.18 Å². The van der Waals surface area contributed by atoms with Crippen LogP contribution in [0.5, 0.6) is 5.75 Å². The van der Waals surface area contributed by atoms with Gasteiger partial charge in [-0.1, -0.05) is 18.6 Å². The van der Waals surface area contributed by atoms with Crippen molar-refractivity contribution >= 4 is 28.8 Å². The van der Waals surface area contributed by atoms with Crippen LogP contribution >= 0.6 is 0 Å². The number of carbonyl (C=O) groups excluding carboxylic acids is 2. The molecule has 2 amide bonds. The highest BCUT2D eigenvalue weighted by Crippen LogP contribution is 2.38. The number of allylic oxidation sites excluding steroid dienone is 1. The standard InChI is InChI=1S/C27H28F3N3O3/c28-27(29,30)19-7-9-21-17(5-4-12-36-24(21)15-19)14-25(34)31-20-8-6-18-13-23(26(35)32-22(18)16-20)33-10-2-1-3-11-33/h6-9,14-16,23H,1-5,10-13H2,(H,31,34)(H,32,35)/b17-14+. The lowest BCUT2D eigenvalue weighted by atomic mass is 9.95. The fourth-order valence-electron chi connectivity index (χ4n) is 5.14. The van der Waals surface area contributed by atoms with Crippen molar-refractivity contribution in [3.63, 3.8) is 0 Å². The third-order valence-electron chi connectivity index (χ3n) is 6.99. The zero-order valence-electron chi connectivity index (χ0n) is 19.8. The van der Waals surface area contributed by atoms with Crippen molar-refractivity contribution in [3.05, 3.63) is 59.2 Å². The zero-order valence-corrected chi connectivity index (χ0v) is 19.8. The van der Waals surface area contributed by atoms with Gasteiger partial charge in [0.2, 0.25) is 11.8 Å². The number of likely N-dealkylation sites (tertiary alicyclic amines) is 1. The minimum atomic E-state index is -4.47. The summed E-state index contributed by atoms with van der Waals surface area (Å²) in [7, 11) is 0. The zero-order chi connectivity index (χ0) is 25.3. The molecule has 0 bridgehead atoms. The predicted molar refractivity (Wildman–Crippen MR) is 131 cm³/mol. The molecule has 190 valence electrons. The number of carbonyl (C=O) groups is 2. The molecule has 0 aromatic heterocycles. The number of hydrogen-bond donors (Lipinski definition) is 2. The number of rotatable bonds is 3. The third kappa shape index (κ3) is 5.26. The van der Waals surface area contributed by atoms with Crippen molar-refractivity contribution in [2.24, 2.45) is 0 Å². The van der Waals surface area contributed by atoms with E-state index in [9.17, 15) is 22.8 Å². The first kappa shape index (κ1) is 24.4. The first-order valence-electron chi connectivity index (χ1n) is 12.3. The molecule has 0 radical (unpaired) electrons. The molecule has 2 aromatic rings. The lowest BCUT2D eigenvalue weighted by Gasteiger charge is -2.36. The van der Waals surface area contributed by atoms with Crippen LogP contribution in [-0.4, -0.2) is 42.5 Å². The number of halogens is 3. The molecule has 1 unspecified atom stereocenters. The van der Waals surface area contributed by atoms with E-state index in [0.717, 1.165) is 43.6 Å². The highest BCUT2D eigenvalue weighted by Gasteiger charge is 2.33. The van der Waals surface area contributed by atoms with E-state index in [-0.39, 0.29) is 24.3 Å². The Balaban J connectivity index is 1.31. The minimum absolute atomic E-state index is 0.0247. The molecule has 1 fully saturated rings. The van der Waals surface area contributed by atoms with Crippen molar-refractivity contribution in [3.8, 4) is 5.75 Å². The first-order valence-corrected chi connectivity index (χ1v) is 12.3. The average molecular weight is 500 g/mol. The summed E-state index contributed by atoms with van der Waals surface area (Å²) in [6.07, 6.45) is 2.08. The van der Waals surface area contributed by atoms with Crippen LogP contribution in [0.2, 0.25) is 0 Å². The molecule has 6 nitrogen and oxygen atoms in total. The van der Waals surface area contributed by atoms with Crippen molar-refractivity contribution in [2.75, 3.05) is 30.3 Å². The van der Waals surface area contributed by atoms with Crippen LogP contribution < -0.4 is 15.4 Å². The largest absolute Gasteiger partial charge is 0.493 e. The fraction of sp³-hybridized carbons (Fsp3) is 0.407. The molecule has 3 aliphatic heterocycles. The van der Waals surface area contributed by atoms with Crippen LogP contribution in [0, 0.1) is 0 Å². The summed E-state index contributed by atoms with van der Waals surface area (Å²) in [6, 6.07) is 8.64. The molecule has 2 aromatic carbocycles. The van der Waals surface area contributed by atoms with E-state index in [2.05, 4.69) is 15.5 Å². The second-order valence-electron chi connectivity index (χ2n) is 9.50. The van der Waals surface area contributed by atoms with Gasteiger partial charge in [-0.25, -0.2) is 0 Å². The second kappa shape index (κ2) is 9.97. The normalized spacial score (nSPS) is 21.6. The molecule has 36 heavy (non-hydrogen) atoms. The molecule has 5 rings (SSSR count). The molecule has 0 spiro atoms. The summed E-state index contributed by atoms with van der Waals surface area (Å²) in [5, 5.41) is 5.80. The molecule has 2 N–H and O–H groups in total. The Kier molecular flexibility index (Phi) is 6.75. The number of ether oxygens (including phenoxy) is 1. The highest BCUT2D eigenvalue weighted by molar-refractivity contribution is 6.05. The number of benzene rings is 2. The van der Waals surface area contributed by atoms with Gasteiger partial charge < -0.3 is 15.4 Å². The molecule has 0 aliphatic carbocycles. The van der Waals surface area contributed by atoms with E-state index in [1.54, 1.807) is 12.1 Å². The number of nitrogens with one attached hydrogen (secondary N) is 2. The van der Waals surface area contributed by atoms with Crippen molar-refractivity contribution < 1.29 is 27.5 Å². The number of alkyl halides is 3. The van der Waals surface area contributed by atoms with Gasteiger partial charge in [0, 0.05) is 23.0 Å². The number of fused-ring (bicyclic) bond motifs is 2. The number of anilines is 2. The van der Waals surface area contributed by atoms with E-state index in [1.165, 1.54) is 18.6 Å². The molecule has 9 heteroatoms. The molecule has 3 heterocycles. The van der Waals surface area contributed by atoms with Gasteiger partial charge in [-0.05, 0) is 80.6 Å². The maximum atomic E-state index is 13.1. The fourth-order valence-corrected chi connectivity index (χ4v) is 5.14. The quantitative estimate of drug-likeness (QED) is 0.566. The maximum Gasteiger partial charge on any atom is 0.416 e. The van der Waals surface area contributed by atoms with Crippen LogP contribution in [0.15, 0.2) is 42.5 Å². The van der Waals surface area contributed by atoms with Gasteiger partial charge in [-0.2, -0.15) is 13.2 Å². The molecule has 1 saturated heterocycles. The van der Waals surface area contributed by atoms with E-state index in [4.69, 9.17) is 4.74 Å². The van der Waals surface area contributed by atoms with E-state index < -0.39 is 17.6 Å². The van der Waals surface area contributed by atoms with Crippen LogP contribution in [0.25, 0.3) is 5.57 Å². The number of piperidine rings is 1. The predicted octanol–water partition coefficient (Wildman–Crippen LogP) is 5.25. The summed E-state index contributed by atoms with van der Waals surface area (Å²) < 4.78 is 44.8. The number of hydrogen-bond acceptors (Lipinski definition) is 4. The van der Waals surface area contributed by atoms with Gasteiger partial charge in [0.25, 0.3) is 0 Å². The molecular formula is C27H28F3N3O3. The molecule has 0 saturated carbocycles. The SMILES string of the molecule is O=C(/C=C1\CCCOc2cc(C(F)(F)F)ccc21)Nc1ccc2c(c1)NC(=O)C(N1CCCCC1)C2. The van der Waals surface area contributed by atoms with E-state index >= 15 is 0 Å². The van der Waals surface area contributed by atoms with E-state index in [1.807, 2.05) is 6.07 Å². The van der Waals surface area contributed by atoms with Gasteiger partial charge in [0.15, 0.2) is 0 Å². The highest BCUT2D eigenvalue weighted by atomic mass is 19.4. The average Bonchev–Trinajstić information content (AvgIpc) is 3.05. The topological polar surface area (TPSA) is 70.7 Å².